The Hall–Kier alpha value is -2.02. The molecule has 1 aromatic carbocycles. The van der Waals surface area contributed by atoms with Gasteiger partial charge in [-0.25, -0.2) is 0 Å². The van der Waals surface area contributed by atoms with E-state index in [0.29, 0.717) is 30.7 Å². The second kappa shape index (κ2) is 12.2. The first-order valence-electron chi connectivity index (χ1n) is 15.7. The molecule has 0 N–H and O–H groups in total. The number of rotatable bonds is 11. The fourth-order valence-corrected chi connectivity index (χ4v) is 9.65. The molecule has 234 valence electrons. The number of hydrogen-bond acceptors (Lipinski definition) is 6. The molecule has 1 aliphatic heterocycles. The Balaban J connectivity index is 1.62. The van der Waals surface area contributed by atoms with Crippen molar-refractivity contribution in [3.05, 3.63) is 35.9 Å². The zero-order chi connectivity index (χ0) is 31.1. The Morgan fingerprint density at radius 3 is 2.24 bits per heavy atom. The largest absolute Gasteiger partial charge is 0.354 e. The molecule has 3 aliphatic rings. The molecule has 42 heavy (non-hydrogen) atoms. The van der Waals surface area contributed by atoms with Gasteiger partial charge in [-0.3, -0.25) is 19.1 Å². The van der Waals surface area contributed by atoms with Crippen molar-refractivity contribution in [2.75, 3.05) is 20.3 Å². The van der Waals surface area contributed by atoms with E-state index in [2.05, 4.69) is 41.5 Å². The van der Waals surface area contributed by atoms with Crippen molar-refractivity contribution in [2.24, 2.45) is 27.2 Å². The normalized spacial score (nSPS) is 29.1. The summed E-state index contributed by atoms with van der Waals surface area (Å²) < 4.78 is 25.8. The first kappa shape index (κ1) is 32.9. The molecule has 4 rings (SSSR count). The van der Waals surface area contributed by atoms with E-state index < -0.39 is 19.4 Å². The number of hydrogen-bond donors (Lipinski definition) is 0. The van der Waals surface area contributed by atoms with Crippen LogP contribution in [0.25, 0.3) is 0 Å². The van der Waals surface area contributed by atoms with Gasteiger partial charge in [0.1, 0.15) is 12.2 Å². The number of carbonyl (C=O) groups excluding carboxylic acids is 2. The average molecular weight is 602 g/mol. The smallest absolute Gasteiger partial charge is 0.323 e. The Bertz CT molecular complexity index is 1220. The standard InChI is InChI=1S/C33H52N3O5P/c1-10-40-42(39,41-11-2)27(34-26-22-24-20-21-33(26,8)32(24,6)7)19-15-18-25-29(38)35(9)30(31(3,4)5)36(25)28(37)23-16-13-12-14-17-23/h12-14,16-17,24-25,27,30H,10-11,15,18-22H2,1-9H3/b34-26+/t24-,25+,27-,30+,33+/m1/s1. The van der Waals surface area contributed by atoms with Gasteiger partial charge in [-0.2, -0.15) is 0 Å². The van der Waals surface area contributed by atoms with Gasteiger partial charge in [0, 0.05) is 29.2 Å². The van der Waals surface area contributed by atoms with E-state index in [0.717, 1.165) is 18.6 Å². The molecule has 0 aromatic heterocycles. The van der Waals surface area contributed by atoms with Crippen molar-refractivity contribution in [1.29, 1.82) is 0 Å². The number of carbonyl (C=O) groups is 2. The first-order valence-corrected chi connectivity index (χ1v) is 17.3. The Kier molecular flexibility index (Phi) is 9.53. The van der Waals surface area contributed by atoms with Crippen LogP contribution < -0.4 is 0 Å². The van der Waals surface area contributed by atoms with Gasteiger partial charge >= 0.3 is 7.60 Å². The number of benzene rings is 1. The highest BCUT2D eigenvalue weighted by molar-refractivity contribution is 7.54. The summed E-state index contributed by atoms with van der Waals surface area (Å²) in [5, 5.41) is 0. The molecule has 2 amide bonds. The molecule has 0 radical (unpaired) electrons. The maximum atomic E-state index is 14.2. The van der Waals surface area contributed by atoms with E-state index in [1.54, 1.807) is 29.0 Å². The summed E-state index contributed by atoms with van der Waals surface area (Å²) in [7, 11) is -1.76. The lowest BCUT2D eigenvalue weighted by atomic mass is 9.70. The van der Waals surface area contributed by atoms with Crippen LogP contribution in [0, 0.1) is 22.2 Å². The Morgan fingerprint density at radius 2 is 1.74 bits per heavy atom. The number of amides is 2. The number of likely N-dealkylation sites (N-methyl/N-ethyl adjacent to an activating group) is 1. The van der Waals surface area contributed by atoms with Gasteiger partial charge in [-0.05, 0) is 75.8 Å². The SMILES string of the molecule is CCOP(=O)(OCC)[C@H](CCC[C@H]1C(=O)N(C)[C@H](C(C)(C)C)N1C(=O)c1ccccc1)/N=C1\C[C@H]2CC[C@]1(C)C2(C)C. The van der Waals surface area contributed by atoms with Crippen molar-refractivity contribution < 1.29 is 23.2 Å². The highest BCUT2D eigenvalue weighted by atomic mass is 31.2. The van der Waals surface area contributed by atoms with Crippen molar-refractivity contribution in [2.45, 2.75) is 112 Å². The van der Waals surface area contributed by atoms with Crippen LogP contribution in [-0.2, 0) is 18.4 Å². The molecule has 5 atom stereocenters. The highest BCUT2D eigenvalue weighted by Crippen LogP contribution is 2.65. The molecular formula is C33H52N3O5P. The summed E-state index contributed by atoms with van der Waals surface area (Å²) >= 11 is 0. The van der Waals surface area contributed by atoms with Crippen LogP contribution >= 0.6 is 7.60 Å². The Morgan fingerprint density at radius 1 is 1.12 bits per heavy atom. The summed E-state index contributed by atoms with van der Waals surface area (Å²) in [5.41, 5.74) is 1.44. The predicted molar refractivity (Wildman–Crippen MR) is 168 cm³/mol. The topological polar surface area (TPSA) is 88.5 Å². The second-order valence-corrected chi connectivity index (χ2v) is 16.3. The monoisotopic (exact) mass is 601 g/mol. The van der Waals surface area contributed by atoms with Gasteiger partial charge in [0.05, 0.1) is 13.2 Å². The van der Waals surface area contributed by atoms with E-state index in [-0.39, 0.29) is 47.4 Å². The third-order valence-electron chi connectivity index (χ3n) is 10.4. The van der Waals surface area contributed by atoms with Crippen LogP contribution in [0.2, 0.25) is 0 Å². The molecule has 2 saturated carbocycles. The van der Waals surface area contributed by atoms with Crippen LogP contribution in [0.5, 0.6) is 0 Å². The van der Waals surface area contributed by atoms with Crippen LogP contribution in [0.1, 0.15) is 104 Å². The zero-order valence-electron chi connectivity index (χ0n) is 27.2. The summed E-state index contributed by atoms with van der Waals surface area (Å²) in [4.78, 5) is 36.2. The minimum absolute atomic E-state index is 0.0395. The summed E-state index contributed by atoms with van der Waals surface area (Å²) in [6, 6.07) is 8.55. The molecule has 1 saturated heterocycles. The van der Waals surface area contributed by atoms with E-state index >= 15 is 0 Å². The molecule has 2 bridgehead atoms. The number of aliphatic imine (C=N–C) groups is 1. The Labute approximate surface area is 253 Å². The molecule has 0 unspecified atom stereocenters. The molecule has 2 aliphatic carbocycles. The van der Waals surface area contributed by atoms with Crippen molar-refractivity contribution in [1.82, 2.24) is 9.80 Å². The quantitative estimate of drug-likeness (QED) is 0.247. The third-order valence-corrected chi connectivity index (χ3v) is 12.7. The van der Waals surface area contributed by atoms with Gasteiger partial charge in [0.25, 0.3) is 5.91 Å². The van der Waals surface area contributed by atoms with Gasteiger partial charge in [-0.15, -0.1) is 0 Å². The molecular weight excluding hydrogens is 549 g/mol. The molecule has 9 heteroatoms. The lowest BCUT2D eigenvalue weighted by Gasteiger charge is -2.39. The van der Waals surface area contributed by atoms with Gasteiger partial charge < -0.3 is 18.8 Å². The minimum atomic E-state index is -3.55. The van der Waals surface area contributed by atoms with E-state index in [1.165, 1.54) is 6.42 Å². The fourth-order valence-electron chi connectivity index (χ4n) is 7.73. The van der Waals surface area contributed by atoms with Crippen LogP contribution in [0.3, 0.4) is 0 Å². The summed E-state index contributed by atoms with van der Waals surface area (Å²) in [6.07, 6.45) is 4.25. The molecule has 0 spiro atoms. The van der Waals surface area contributed by atoms with Crippen molar-refractivity contribution >= 4 is 25.1 Å². The van der Waals surface area contributed by atoms with Gasteiger partial charge in [0.2, 0.25) is 5.91 Å². The zero-order valence-corrected chi connectivity index (χ0v) is 28.1. The third kappa shape index (κ3) is 5.76. The predicted octanol–water partition coefficient (Wildman–Crippen LogP) is 7.39. The average Bonchev–Trinajstić information content (AvgIpc) is 3.39. The highest BCUT2D eigenvalue weighted by Gasteiger charge is 2.60. The number of nitrogens with zero attached hydrogens (tertiary/aromatic N) is 3. The fraction of sp³-hybridized carbons (Fsp3) is 0.727. The minimum Gasteiger partial charge on any atom is -0.323 e. The van der Waals surface area contributed by atoms with Crippen LogP contribution in [0.15, 0.2) is 35.3 Å². The lowest BCUT2D eigenvalue weighted by Crippen LogP contribution is -2.50. The first-order chi connectivity index (χ1) is 19.6. The van der Waals surface area contributed by atoms with E-state index in [9.17, 15) is 14.2 Å². The summed E-state index contributed by atoms with van der Waals surface area (Å²) in [5.74, 6) is -0.298. The van der Waals surface area contributed by atoms with Gasteiger partial charge in [0.15, 0.2) is 5.78 Å². The lowest BCUT2D eigenvalue weighted by molar-refractivity contribution is -0.129. The number of fused-ring (bicyclic) bond motifs is 2. The van der Waals surface area contributed by atoms with Crippen LogP contribution in [0.4, 0.5) is 0 Å². The molecule has 3 fully saturated rings. The van der Waals surface area contributed by atoms with E-state index in [4.69, 9.17) is 14.0 Å². The van der Waals surface area contributed by atoms with Gasteiger partial charge in [-0.1, -0.05) is 59.7 Å². The van der Waals surface area contributed by atoms with Crippen molar-refractivity contribution in [3.63, 3.8) is 0 Å². The summed E-state index contributed by atoms with van der Waals surface area (Å²) in [6.45, 7) is 17.3. The molecule has 1 aromatic rings. The van der Waals surface area contributed by atoms with Crippen LogP contribution in [-0.4, -0.2) is 65.6 Å². The second-order valence-electron chi connectivity index (χ2n) is 14.1. The maximum Gasteiger partial charge on any atom is 0.354 e. The maximum absolute atomic E-state index is 14.2. The molecule has 8 nitrogen and oxygen atoms in total. The molecule has 1 heterocycles. The van der Waals surface area contributed by atoms with Crippen molar-refractivity contribution in [3.8, 4) is 0 Å². The van der Waals surface area contributed by atoms with E-state index in [1.807, 2.05) is 32.0 Å².